The Kier molecular flexibility index (Phi) is 3.79. The summed E-state index contributed by atoms with van der Waals surface area (Å²) in [7, 11) is 0. The van der Waals surface area contributed by atoms with Crippen molar-refractivity contribution in [2.45, 2.75) is 57.5 Å². The summed E-state index contributed by atoms with van der Waals surface area (Å²) in [5.41, 5.74) is 8.48. The lowest BCUT2D eigenvalue weighted by Crippen LogP contribution is -2.47. The zero-order chi connectivity index (χ0) is 14.1. The molecule has 1 amide bonds. The Bertz CT molecular complexity index is 500. The van der Waals surface area contributed by atoms with E-state index >= 15 is 0 Å². The molecule has 0 bridgehead atoms. The standard InChI is InChI=1S/C17H24N2O/c1-12-9-10-13-5-2-3-8-16(13)19(12)17(20)14-6-4-7-15(18)11-14/h2-3,5,8,12,14-15H,4,6-7,9-11,18H2,1H3. The highest BCUT2D eigenvalue weighted by molar-refractivity contribution is 5.96. The predicted octanol–water partition coefficient (Wildman–Crippen LogP) is 2.87. The quantitative estimate of drug-likeness (QED) is 0.854. The van der Waals surface area contributed by atoms with Gasteiger partial charge in [-0.05, 0) is 50.7 Å². The van der Waals surface area contributed by atoms with E-state index in [1.165, 1.54) is 5.56 Å². The van der Waals surface area contributed by atoms with Crippen LogP contribution in [-0.4, -0.2) is 18.0 Å². The molecule has 0 spiro atoms. The molecule has 1 heterocycles. The fourth-order valence-corrected chi connectivity index (χ4v) is 3.67. The average Bonchev–Trinajstić information content (AvgIpc) is 2.46. The van der Waals surface area contributed by atoms with Gasteiger partial charge in [0.15, 0.2) is 0 Å². The van der Waals surface area contributed by atoms with Gasteiger partial charge in [-0.2, -0.15) is 0 Å². The van der Waals surface area contributed by atoms with Crippen molar-refractivity contribution in [2.24, 2.45) is 11.7 Å². The van der Waals surface area contributed by atoms with Gasteiger partial charge in [0.1, 0.15) is 0 Å². The number of hydrogen-bond acceptors (Lipinski definition) is 2. The largest absolute Gasteiger partial charge is 0.328 e. The van der Waals surface area contributed by atoms with Crippen molar-refractivity contribution in [3.8, 4) is 0 Å². The molecule has 3 atom stereocenters. The third kappa shape index (κ3) is 2.47. The molecule has 1 aromatic carbocycles. The summed E-state index contributed by atoms with van der Waals surface area (Å²) in [6, 6.07) is 8.83. The molecule has 20 heavy (non-hydrogen) atoms. The number of rotatable bonds is 1. The van der Waals surface area contributed by atoms with Crippen LogP contribution in [0.3, 0.4) is 0 Å². The number of aryl methyl sites for hydroxylation is 1. The zero-order valence-electron chi connectivity index (χ0n) is 12.2. The normalized spacial score (nSPS) is 29.9. The third-order valence-electron chi connectivity index (χ3n) is 4.82. The van der Waals surface area contributed by atoms with Crippen molar-refractivity contribution in [1.82, 2.24) is 0 Å². The van der Waals surface area contributed by atoms with Gasteiger partial charge in [0.25, 0.3) is 0 Å². The van der Waals surface area contributed by atoms with Gasteiger partial charge >= 0.3 is 0 Å². The van der Waals surface area contributed by atoms with Crippen molar-refractivity contribution in [1.29, 1.82) is 0 Å². The zero-order valence-corrected chi connectivity index (χ0v) is 12.2. The minimum atomic E-state index is 0.118. The molecular weight excluding hydrogens is 248 g/mol. The van der Waals surface area contributed by atoms with Gasteiger partial charge in [-0.1, -0.05) is 24.6 Å². The maximum Gasteiger partial charge on any atom is 0.230 e. The second kappa shape index (κ2) is 5.57. The van der Waals surface area contributed by atoms with Gasteiger partial charge in [-0.3, -0.25) is 4.79 Å². The van der Waals surface area contributed by atoms with Crippen LogP contribution in [-0.2, 0) is 11.2 Å². The number of para-hydroxylation sites is 1. The van der Waals surface area contributed by atoms with Gasteiger partial charge in [-0.15, -0.1) is 0 Å². The van der Waals surface area contributed by atoms with Gasteiger partial charge < -0.3 is 10.6 Å². The molecule has 3 rings (SSSR count). The van der Waals surface area contributed by atoms with E-state index in [-0.39, 0.29) is 12.0 Å². The van der Waals surface area contributed by atoms with E-state index in [0.717, 1.165) is 44.2 Å². The summed E-state index contributed by atoms with van der Waals surface area (Å²) in [5.74, 6) is 0.409. The summed E-state index contributed by atoms with van der Waals surface area (Å²) >= 11 is 0. The molecule has 0 saturated heterocycles. The fourth-order valence-electron chi connectivity index (χ4n) is 3.67. The first kappa shape index (κ1) is 13.6. The van der Waals surface area contributed by atoms with Gasteiger partial charge in [-0.25, -0.2) is 0 Å². The summed E-state index contributed by atoms with van der Waals surface area (Å²) < 4.78 is 0. The molecule has 2 aliphatic rings. The highest BCUT2D eigenvalue weighted by Crippen LogP contribution is 2.34. The molecule has 1 fully saturated rings. The summed E-state index contributed by atoms with van der Waals surface area (Å²) in [4.78, 5) is 15.0. The van der Waals surface area contributed by atoms with Crippen LogP contribution >= 0.6 is 0 Å². The van der Waals surface area contributed by atoms with Crippen molar-refractivity contribution >= 4 is 11.6 Å². The molecule has 3 unspecified atom stereocenters. The molecule has 1 aliphatic carbocycles. The number of carbonyl (C=O) groups excluding carboxylic acids is 1. The molecule has 108 valence electrons. The van der Waals surface area contributed by atoms with E-state index in [0.29, 0.717) is 11.9 Å². The highest BCUT2D eigenvalue weighted by atomic mass is 16.2. The molecular formula is C17H24N2O. The Labute approximate surface area is 121 Å². The second-order valence-electron chi connectivity index (χ2n) is 6.35. The number of benzene rings is 1. The maximum atomic E-state index is 12.9. The molecule has 2 N–H and O–H groups in total. The van der Waals surface area contributed by atoms with Crippen LogP contribution < -0.4 is 10.6 Å². The Hall–Kier alpha value is -1.35. The molecule has 0 aromatic heterocycles. The third-order valence-corrected chi connectivity index (χ3v) is 4.82. The van der Waals surface area contributed by atoms with E-state index in [2.05, 4.69) is 25.1 Å². The number of nitrogens with two attached hydrogens (primary N) is 1. The number of fused-ring (bicyclic) bond motifs is 1. The lowest BCUT2D eigenvalue weighted by atomic mass is 9.84. The van der Waals surface area contributed by atoms with Gasteiger partial charge in [0.05, 0.1) is 0 Å². The van der Waals surface area contributed by atoms with Gasteiger partial charge in [0, 0.05) is 23.7 Å². The summed E-state index contributed by atoms with van der Waals surface area (Å²) in [6.07, 6.45) is 6.13. The van der Waals surface area contributed by atoms with Crippen LogP contribution in [0.15, 0.2) is 24.3 Å². The number of nitrogens with zero attached hydrogens (tertiary/aromatic N) is 1. The van der Waals surface area contributed by atoms with Crippen LogP contribution in [0.5, 0.6) is 0 Å². The first-order valence-electron chi connectivity index (χ1n) is 7.83. The molecule has 1 aliphatic heterocycles. The van der Waals surface area contributed by atoms with Crippen LogP contribution in [0.1, 0.15) is 44.6 Å². The lowest BCUT2D eigenvalue weighted by Gasteiger charge is -2.39. The first-order chi connectivity index (χ1) is 9.66. The smallest absolute Gasteiger partial charge is 0.230 e. The van der Waals surface area contributed by atoms with Crippen molar-refractivity contribution in [3.05, 3.63) is 29.8 Å². The first-order valence-corrected chi connectivity index (χ1v) is 7.83. The SMILES string of the molecule is CC1CCc2ccccc2N1C(=O)C1CCCC(N)C1. The van der Waals surface area contributed by atoms with Crippen LogP contribution in [0, 0.1) is 5.92 Å². The molecule has 3 nitrogen and oxygen atoms in total. The molecule has 1 saturated carbocycles. The minimum absolute atomic E-state index is 0.118. The average molecular weight is 272 g/mol. The van der Waals surface area contributed by atoms with E-state index in [9.17, 15) is 4.79 Å². The van der Waals surface area contributed by atoms with Crippen LogP contribution in [0.2, 0.25) is 0 Å². The van der Waals surface area contributed by atoms with E-state index in [1.807, 2.05) is 11.0 Å². The monoisotopic (exact) mass is 272 g/mol. The highest BCUT2D eigenvalue weighted by Gasteiger charge is 2.34. The van der Waals surface area contributed by atoms with E-state index < -0.39 is 0 Å². The summed E-state index contributed by atoms with van der Waals surface area (Å²) in [5, 5.41) is 0. The number of hydrogen-bond donors (Lipinski definition) is 1. The van der Waals surface area contributed by atoms with Crippen molar-refractivity contribution in [2.75, 3.05) is 4.90 Å². The van der Waals surface area contributed by atoms with Crippen LogP contribution in [0.25, 0.3) is 0 Å². The Morgan fingerprint density at radius 3 is 2.85 bits per heavy atom. The van der Waals surface area contributed by atoms with E-state index in [4.69, 9.17) is 5.73 Å². The van der Waals surface area contributed by atoms with Crippen LogP contribution in [0.4, 0.5) is 5.69 Å². The lowest BCUT2D eigenvalue weighted by molar-refractivity contribution is -0.124. The Morgan fingerprint density at radius 2 is 2.05 bits per heavy atom. The summed E-state index contributed by atoms with van der Waals surface area (Å²) in [6.45, 7) is 2.16. The Balaban J connectivity index is 1.86. The fraction of sp³-hybridized carbons (Fsp3) is 0.588. The molecule has 1 aromatic rings. The number of carbonyl (C=O) groups is 1. The maximum absolute atomic E-state index is 12.9. The van der Waals surface area contributed by atoms with Gasteiger partial charge in [0.2, 0.25) is 5.91 Å². The van der Waals surface area contributed by atoms with Crippen molar-refractivity contribution < 1.29 is 4.79 Å². The minimum Gasteiger partial charge on any atom is -0.328 e. The number of amides is 1. The molecule has 3 heteroatoms. The number of anilines is 1. The van der Waals surface area contributed by atoms with Crippen molar-refractivity contribution in [3.63, 3.8) is 0 Å². The second-order valence-corrected chi connectivity index (χ2v) is 6.35. The predicted molar refractivity (Wildman–Crippen MR) is 81.6 cm³/mol. The topological polar surface area (TPSA) is 46.3 Å². The Morgan fingerprint density at radius 1 is 1.25 bits per heavy atom. The molecule has 0 radical (unpaired) electrons. The van der Waals surface area contributed by atoms with E-state index in [1.54, 1.807) is 0 Å².